The minimum Gasteiger partial charge on any atom is -0.480 e. The van der Waals surface area contributed by atoms with Crippen molar-refractivity contribution < 1.29 is 19.5 Å². The normalized spacial score (nSPS) is 23.1. The summed E-state index contributed by atoms with van der Waals surface area (Å²) in [6, 6.07) is -1.52. The Morgan fingerprint density at radius 3 is 2.60 bits per heavy atom. The number of hydrogen-bond donors (Lipinski definition) is 4. The molecule has 0 aromatic carbocycles. The first-order valence-electron chi connectivity index (χ1n) is 6.53. The first kappa shape index (κ1) is 16.6. The first-order chi connectivity index (χ1) is 9.42. The zero-order valence-corrected chi connectivity index (χ0v) is 12.2. The number of aliphatic carboxylic acids is 1. The highest BCUT2D eigenvalue weighted by Gasteiger charge is 2.27. The van der Waals surface area contributed by atoms with Crippen LogP contribution in [0.4, 0.5) is 4.79 Å². The number of nitrogens with one attached hydrogen (secondary N) is 2. The van der Waals surface area contributed by atoms with Crippen LogP contribution < -0.4 is 16.4 Å². The molecule has 5 N–H and O–H groups in total. The van der Waals surface area contributed by atoms with Crippen LogP contribution in [0.2, 0.25) is 0 Å². The Balaban J connectivity index is 2.38. The molecule has 0 radical (unpaired) electrons. The Hall–Kier alpha value is -1.44. The second-order valence-corrected chi connectivity index (χ2v) is 6.02. The van der Waals surface area contributed by atoms with E-state index in [2.05, 4.69) is 10.6 Å². The summed E-state index contributed by atoms with van der Waals surface area (Å²) < 4.78 is 0. The third-order valence-electron chi connectivity index (χ3n) is 3.34. The quantitative estimate of drug-likeness (QED) is 0.538. The van der Waals surface area contributed by atoms with Crippen molar-refractivity contribution in [2.24, 2.45) is 5.73 Å². The third-order valence-corrected chi connectivity index (χ3v) is 4.43. The second kappa shape index (κ2) is 7.98. The number of nitrogens with two attached hydrogens (primary N) is 1. The van der Waals surface area contributed by atoms with Crippen LogP contribution in [0.25, 0.3) is 0 Å². The fourth-order valence-corrected chi connectivity index (χ4v) is 3.01. The SMILES string of the molecule is CSC1CCC(NC(=O)N[C@H](CCC(N)=O)C(=O)O)C1. The molecule has 0 heterocycles. The summed E-state index contributed by atoms with van der Waals surface area (Å²) in [5.74, 6) is -1.76. The van der Waals surface area contributed by atoms with Gasteiger partial charge in [0.15, 0.2) is 0 Å². The minimum atomic E-state index is -1.17. The lowest BCUT2D eigenvalue weighted by Crippen LogP contribution is -2.48. The highest BCUT2D eigenvalue weighted by Crippen LogP contribution is 2.27. The number of carboxylic acid groups (broad SMARTS) is 1. The molecule has 114 valence electrons. The van der Waals surface area contributed by atoms with Crippen LogP contribution in [0.5, 0.6) is 0 Å². The summed E-state index contributed by atoms with van der Waals surface area (Å²) in [6.45, 7) is 0. The molecule has 3 atom stereocenters. The van der Waals surface area contributed by atoms with Crippen LogP contribution in [0.1, 0.15) is 32.1 Å². The van der Waals surface area contributed by atoms with Crippen molar-refractivity contribution in [2.75, 3.05) is 6.26 Å². The van der Waals surface area contributed by atoms with E-state index in [-0.39, 0.29) is 18.9 Å². The van der Waals surface area contributed by atoms with Crippen LogP contribution in [-0.2, 0) is 9.59 Å². The van der Waals surface area contributed by atoms with Crippen molar-refractivity contribution in [1.82, 2.24) is 10.6 Å². The number of carboxylic acids is 1. The van der Waals surface area contributed by atoms with Crippen molar-refractivity contribution in [3.8, 4) is 0 Å². The summed E-state index contributed by atoms with van der Waals surface area (Å²) in [6.07, 6.45) is 4.81. The van der Waals surface area contributed by atoms with E-state index in [0.717, 1.165) is 19.3 Å². The predicted molar refractivity (Wildman–Crippen MR) is 76.5 cm³/mol. The Kier molecular flexibility index (Phi) is 6.63. The fourth-order valence-electron chi connectivity index (χ4n) is 2.21. The van der Waals surface area contributed by atoms with Gasteiger partial charge in [-0.3, -0.25) is 4.79 Å². The number of carbonyl (C=O) groups excluding carboxylic acids is 2. The Morgan fingerprint density at radius 2 is 2.10 bits per heavy atom. The number of primary amides is 1. The predicted octanol–water partition coefficient (Wildman–Crippen LogP) is 0.288. The van der Waals surface area contributed by atoms with Gasteiger partial charge >= 0.3 is 12.0 Å². The Labute approximate surface area is 122 Å². The molecular formula is C12H21N3O4S. The summed E-state index contributed by atoms with van der Waals surface area (Å²) in [4.78, 5) is 33.4. The van der Waals surface area contributed by atoms with E-state index in [4.69, 9.17) is 10.8 Å². The lowest BCUT2D eigenvalue weighted by molar-refractivity contribution is -0.139. The Morgan fingerprint density at radius 1 is 1.40 bits per heavy atom. The van der Waals surface area contributed by atoms with Crippen LogP contribution in [0.3, 0.4) is 0 Å². The first-order valence-corrected chi connectivity index (χ1v) is 7.82. The highest BCUT2D eigenvalue weighted by atomic mass is 32.2. The van der Waals surface area contributed by atoms with Gasteiger partial charge in [0.1, 0.15) is 6.04 Å². The van der Waals surface area contributed by atoms with E-state index in [0.29, 0.717) is 5.25 Å². The van der Waals surface area contributed by atoms with Gasteiger partial charge in [-0.2, -0.15) is 11.8 Å². The molecule has 7 nitrogen and oxygen atoms in total. The minimum absolute atomic E-state index is 0.00378. The van der Waals surface area contributed by atoms with Gasteiger partial charge in [-0.25, -0.2) is 9.59 Å². The molecule has 0 saturated heterocycles. The van der Waals surface area contributed by atoms with E-state index < -0.39 is 23.9 Å². The van der Waals surface area contributed by atoms with Crippen LogP contribution in [0.15, 0.2) is 0 Å². The largest absolute Gasteiger partial charge is 0.480 e. The maximum absolute atomic E-state index is 11.7. The number of amides is 3. The van der Waals surface area contributed by atoms with Gasteiger partial charge in [0.25, 0.3) is 0 Å². The smallest absolute Gasteiger partial charge is 0.326 e. The third kappa shape index (κ3) is 5.68. The molecule has 1 saturated carbocycles. The molecule has 1 aliphatic rings. The van der Waals surface area contributed by atoms with Gasteiger partial charge in [0.2, 0.25) is 5.91 Å². The van der Waals surface area contributed by atoms with Crippen LogP contribution >= 0.6 is 11.8 Å². The molecule has 20 heavy (non-hydrogen) atoms. The van der Waals surface area contributed by atoms with Gasteiger partial charge < -0.3 is 21.5 Å². The molecule has 2 unspecified atom stereocenters. The number of carbonyl (C=O) groups is 3. The lowest BCUT2D eigenvalue weighted by Gasteiger charge is -2.17. The van der Waals surface area contributed by atoms with Gasteiger partial charge in [-0.05, 0) is 31.9 Å². The number of hydrogen-bond acceptors (Lipinski definition) is 4. The van der Waals surface area contributed by atoms with E-state index >= 15 is 0 Å². The molecule has 1 aliphatic carbocycles. The molecule has 0 aliphatic heterocycles. The van der Waals surface area contributed by atoms with Crippen molar-refractivity contribution in [3.63, 3.8) is 0 Å². The van der Waals surface area contributed by atoms with Crippen molar-refractivity contribution in [2.45, 2.75) is 49.4 Å². The van der Waals surface area contributed by atoms with E-state index in [9.17, 15) is 14.4 Å². The van der Waals surface area contributed by atoms with Gasteiger partial charge in [0.05, 0.1) is 0 Å². The summed E-state index contributed by atoms with van der Waals surface area (Å²) in [5, 5.41) is 14.7. The molecule has 3 amide bonds. The lowest BCUT2D eigenvalue weighted by atomic mass is 10.1. The van der Waals surface area contributed by atoms with E-state index in [1.54, 1.807) is 11.8 Å². The molecule has 1 fully saturated rings. The zero-order chi connectivity index (χ0) is 15.1. The Bertz CT molecular complexity index is 378. The zero-order valence-electron chi connectivity index (χ0n) is 11.4. The molecule has 0 bridgehead atoms. The van der Waals surface area contributed by atoms with Crippen LogP contribution in [-0.4, -0.2) is 46.6 Å². The molecule has 0 aromatic heterocycles. The average Bonchev–Trinajstić information content (AvgIpc) is 2.81. The van der Waals surface area contributed by atoms with Gasteiger partial charge in [-0.15, -0.1) is 0 Å². The molecule has 0 spiro atoms. The summed E-state index contributed by atoms with van der Waals surface area (Å²) in [7, 11) is 0. The number of thioether (sulfide) groups is 1. The standard InChI is InChI=1S/C12H21N3O4S/c1-20-8-3-2-7(6-8)14-12(19)15-9(11(17)18)4-5-10(13)16/h7-9H,2-6H2,1H3,(H2,13,16)(H,17,18)(H2,14,15,19)/t7?,8?,9-/m1/s1. The van der Waals surface area contributed by atoms with Crippen LogP contribution in [0, 0.1) is 0 Å². The van der Waals surface area contributed by atoms with Gasteiger partial charge in [-0.1, -0.05) is 0 Å². The highest BCUT2D eigenvalue weighted by molar-refractivity contribution is 7.99. The van der Waals surface area contributed by atoms with Crippen molar-refractivity contribution in [3.05, 3.63) is 0 Å². The maximum atomic E-state index is 11.7. The topological polar surface area (TPSA) is 122 Å². The molecule has 8 heteroatoms. The summed E-state index contributed by atoms with van der Waals surface area (Å²) in [5.41, 5.74) is 4.97. The number of urea groups is 1. The van der Waals surface area contributed by atoms with E-state index in [1.165, 1.54) is 0 Å². The fraction of sp³-hybridized carbons (Fsp3) is 0.750. The molecule has 1 rings (SSSR count). The summed E-state index contributed by atoms with van der Waals surface area (Å²) >= 11 is 1.78. The second-order valence-electron chi connectivity index (χ2n) is 4.88. The molecular weight excluding hydrogens is 282 g/mol. The van der Waals surface area contributed by atoms with E-state index in [1.807, 2.05) is 6.26 Å². The number of rotatable bonds is 7. The van der Waals surface area contributed by atoms with Crippen molar-refractivity contribution >= 4 is 29.7 Å². The monoisotopic (exact) mass is 303 g/mol. The average molecular weight is 303 g/mol. The maximum Gasteiger partial charge on any atom is 0.326 e. The van der Waals surface area contributed by atoms with Gasteiger partial charge in [0, 0.05) is 17.7 Å². The van der Waals surface area contributed by atoms with Crippen molar-refractivity contribution in [1.29, 1.82) is 0 Å². The molecule has 0 aromatic rings.